The molecule has 0 unspecified atom stereocenters. The Hall–Kier alpha value is -1.96. The Balaban J connectivity index is 1.79. The average Bonchev–Trinajstić information content (AvgIpc) is 3.26. The maximum absolute atomic E-state index is 13.1. The normalized spacial score (nSPS) is 25.0. The van der Waals surface area contributed by atoms with Crippen molar-refractivity contribution in [3.63, 3.8) is 0 Å². The van der Waals surface area contributed by atoms with E-state index in [9.17, 15) is 19.8 Å². The van der Waals surface area contributed by atoms with Gasteiger partial charge in [0.25, 0.3) is 5.91 Å². The van der Waals surface area contributed by atoms with Crippen LogP contribution in [0.3, 0.4) is 0 Å². The lowest BCUT2D eigenvalue weighted by Crippen LogP contribution is -2.44. The lowest BCUT2D eigenvalue weighted by molar-refractivity contribution is -0.139. The highest BCUT2D eigenvalue weighted by atomic mass is 79.9. The first-order valence-corrected chi connectivity index (χ1v) is 10.7. The van der Waals surface area contributed by atoms with E-state index in [1.165, 1.54) is 4.90 Å². The van der Waals surface area contributed by atoms with Gasteiger partial charge in [-0.25, -0.2) is 0 Å². The van der Waals surface area contributed by atoms with Crippen LogP contribution in [0.15, 0.2) is 47.5 Å². The number of carbonyl (C=O) groups is 2. The smallest absolute Gasteiger partial charge is 0.264 e. The van der Waals surface area contributed by atoms with Crippen molar-refractivity contribution in [3.8, 4) is 0 Å². The second kappa shape index (κ2) is 8.81. The molecule has 2 aliphatic rings. The van der Waals surface area contributed by atoms with Gasteiger partial charge in [0.2, 0.25) is 5.91 Å². The molecule has 1 aromatic carbocycles. The fraction of sp³-hybridized carbons (Fsp3) is 0.455. The highest BCUT2D eigenvalue weighted by Crippen LogP contribution is 2.46. The van der Waals surface area contributed by atoms with Gasteiger partial charge in [-0.05, 0) is 31.0 Å². The molecule has 0 spiro atoms. The van der Waals surface area contributed by atoms with E-state index in [1.807, 2.05) is 6.07 Å². The molecule has 0 saturated carbocycles. The number of likely N-dealkylation sites (tertiary alicyclic amines) is 1. The summed E-state index contributed by atoms with van der Waals surface area (Å²) in [6.45, 7) is 6.42. The summed E-state index contributed by atoms with van der Waals surface area (Å²) in [6, 6.07) is 5.30. The van der Waals surface area contributed by atoms with Gasteiger partial charge in [0, 0.05) is 35.5 Å². The Kier molecular flexibility index (Phi) is 6.61. The van der Waals surface area contributed by atoms with Crippen molar-refractivity contribution >= 4 is 33.4 Å². The van der Waals surface area contributed by atoms with Crippen LogP contribution < -0.4 is 4.90 Å². The number of hydrogen-bond acceptors (Lipinski definition) is 4. The predicted molar refractivity (Wildman–Crippen MR) is 115 cm³/mol. The molecule has 0 aromatic heterocycles. The van der Waals surface area contributed by atoms with Crippen molar-refractivity contribution in [3.05, 3.63) is 53.0 Å². The number of fused-ring (bicyclic) bond motifs is 1. The third-order valence-corrected chi connectivity index (χ3v) is 6.32. The standard InChI is InChI=1S/C22H27BrN2O4/c1-3-11-25-19-10-9-16(23)13-18(19)22(29,21(25)28)15(2)6-4-8-20(27)24-12-5-7-17(24)14-26/h3-4,6,9-10,13,15,17,26,29H,1,5,7-8,11-12,14H2,2H3/b6-4+/t15-,17-,22+/m0/s1. The molecule has 1 saturated heterocycles. The number of carbonyl (C=O) groups excluding carboxylic acids is 2. The van der Waals surface area contributed by atoms with Gasteiger partial charge in [-0.2, -0.15) is 0 Å². The van der Waals surface area contributed by atoms with Crippen LogP contribution >= 0.6 is 15.9 Å². The summed E-state index contributed by atoms with van der Waals surface area (Å²) in [7, 11) is 0. The zero-order chi connectivity index (χ0) is 21.2. The highest BCUT2D eigenvalue weighted by Gasteiger charge is 2.52. The molecule has 0 aliphatic carbocycles. The number of benzene rings is 1. The fourth-order valence-electron chi connectivity index (χ4n) is 4.21. The number of nitrogens with zero attached hydrogens (tertiary/aromatic N) is 2. The first-order valence-electron chi connectivity index (χ1n) is 9.86. The molecule has 2 amide bonds. The molecule has 29 heavy (non-hydrogen) atoms. The molecular weight excluding hydrogens is 436 g/mol. The molecule has 3 rings (SSSR count). The number of rotatable bonds is 7. The minimum atomic E-state index is -1.71. The highest BCUT2D eigenvalue weighted by molar-refractivity contribution is 9.10. The number of aliphatic hydroxyl groups excluding tert-OH is 1. The van der Waals surface area contributed by atoms with Crippen LogP contribution in [0, 0.1) is 5.92 Å². The fourth-order valence-corrected chi connectivity index (χ4v) is 4.57. The zero-order valence-electron chi connectivity index (χ0n) is 16.6. The van der Waals surface area contributed by atoms with Gasteiger partial charge < -0.3 is 20.0 Å². The molecule has 2 heterocycles. The molecule has 6 nitrogen and oxygen atoms in total. The molecule has 7 heteroatoms. The number of anilines is 1. The van der Waals surface area contributed by atoms with E-state index in [0.717, 1.165) is 17.3 Å². The van der Waals surface area contributed by atoms with Gasteiger partial charge in [0.05, 0.1) is 18.3 Å². The van der Waals surface area contributed by atoms with E-state index in [4.69, 9.17) is 0 Å². The van der Waals surface area contributed by atoms with Crippen LogP contribution in [-0.4, -0.2) is 52.7 Å². The molecule has 156 valence electrons. The summed E-state index contributed by atoms with van der Waals surface area (Å²) < 4.78 is 0.776. The van der Waals surface area contributed by atoms with E-state index in [-0.39, 0.29) is 25.0 Å². The summed E-state index contributed by atoms with van der Waals surface area (Å²) in [5, 5.41) is 20.8. The lowest BCUT2D eigenvalue weighted by atomic mass is 9.83. The second-order valence-electron chi connectivity index (χ2n) is 7.62. The van der Waals surface area contributed by atoms with Crippen molar-refractivity contribution < 1.29 is 19.8 Å². The Morgan fingerprint density at radius 1 is 1.48 bits per heavy atom. The Morgan fingerprint density at radius 3 is 2.93 bits per heavy atom. The van der Waals surface area contributed by atoms with Crippen molar-refractivity contribution in [1.29, 1.82) is 0 Å². The van der Waals surface area contributed by atoms with E-state index in [0.29, 0.717) is 24.3 Å². The lowest BCUT2D eigenvalue weighted by Gasteiger charge is -2.27. The number of amides is 2. The number of hydrogen-bond donors (Lipinski definition) is 2. The van der Waals surface area contributed by atoms with Crippen LogP contribution in [0.25, 0.3) is 0 Å². The molecule has 3 atom stereocenters. The molecule has 1 aromatic rings. The summed E-state index contributed by atoms with van der Waals surface area (Å²) >= 11 is 3.42. The molecule has 2 aliphatic heterocycles. The van der Waals surface area contributed by atoms with Gasteiger partial charge in [0.15, 0.2) is 5.60 Å². The van der Waals surface area contributed by atoms with Gasteiger partial charge in [-0.1, -0.05) is 41.1 Å². The van der Waals surface area contributed by atoms with Crippen LogP contribution in [0.2, 0.25) is 0 Å². The molecule has 0 radical (unpaired) electrons. The molecule has 2 N–H and O–H groups in total. The quantitative estimate of drug-likeness (QED) is 0.610. The minimum absolute atomic E-state index is 0.0229. The van der Waals surface area contributed by atoms with E-state index >= 15 is 0 Å². The maximum Gasteiger partial charge on any atom is 0.264 e. The number of aliphatic hydroxyl groups is 2. The topological polar surface area (TPSA) is 81.1 Å². The monoisotopic (exact) mass is 462 g/mol. The number of halogens is 1. The van der Waals surface area contributed by atoms with E-state index in [2.05, 4.69) is 22.5 Å². The Morgan fingerprint density at radius 2 is 2.24 bits per heavy atom. The third-order valence-electron chi connectivity index (χ3n) is 5.83. The minimum Gasteiger partial charge on any atom is -0.394 e. The van der Waals surface area contributed by atoms with Crippen molar-refractivity contribution in [2.75, 3.05) is 24.6 Å². The Labute approximate surface area is 179 Å². The summed E-state index contributed by atoms with van der Waals surface area (Å²) in [5.41, 5.74) is -0.495. The summed E-state index contributed by atoms with van der Waals surface area (Å²) in [4.78, 5) is 28.8. The van der Waals surface area contributed by atoms with Crippen molar-refractivity contribution in [2.24, 2.45) is 5.92 Å². The van der Waals surface area contributed by atoms with Gasteiger partial charge in [-0.15, -0.1) is 6.58 Å². The first-order chi connectivity index (χ1) is 13.8. The zero-order valence-corrected chi connectivity index (χ0v) is 18.1. The van der Waals surface area contributed by atoms with Crippen LogP contribution in [0.4, 0.5) is 5.69 Å². The molecule has 0 bridgehead atoms. The maximum atomic E-state index is 13.1. The Bertz CT molecular complexity index is 840. The van der Waals surface area contributed by atoms with Gasteiger partial charge >= 0.3 is 0 Å². The van der Waals surface area contributed by atoms with Gasteiger partial charge in [-0.3, -0.25) is 9.59 Å². The average molecular weight is 463 g/mol. The molecule has 1 fully saturated rings. The summed E-state index contributed by atoms with van der Waals surface area (Å²) in [5.74, 6) is -0.974. The van der Waals surface area contributed by atoms with E-state index in [1.54, 1.807) is 42.2 Å². The van der Waals surface area contributed by atoms with Crippen molar-refractivity contribution in [1.82, 2.24) is 4.90 Å². The first kappa shape index (κ1) is 21.7. The van der Waals surface area contributed by atoms with Gasteiger partial charge in [0.1, 0.15) is 0 Å². The third kappa shape index (κ3) is 3.91. The van der Waals surface area contributed by atoms with Crippen molar-refractivity contribution in [2.45, 2.75) is 37.8 Å². The summed E-state index contributed by atoms with van der Waals surface area (Å²) in [6.07, 6.45) is 6.95. The largest absolute Gasteiger partial charge is 0.394 e. The SMILES string of the molecule is C=CCN1C(=O)[C@@](O)([C@@H](C)/C=C/CC(=O)N2CCC[C@H]2CO)c2cc(Br)ccc21. The van der Waals surface area contributed by atoms with Crippen LogP contribution in [0.5, 0.6) is 0 Å². The van der Waals surface area contributed by atoms with E-state index < -0.39 is 17.4 Å². The predicted octanol–water partition coefficient (Wildman–Crippen LogP) is 2.74. The van der Waals surface area contributed by atoms with Crippen LogP contribution in [-0.2, 0) is 15.2 Å². The molecular formula is C22H27BrN2O4. The van der Waals surface area contributed by atoms with Crippen LogP contribution in [0.1, 0.15) is 31.7 Å². The second-order valence-corrected chi connectivity index (χ2v) is 8.53.